The molecule has 2 atom stereocenters. The number of hydrogen-bond acceptors (Lipinski definition) is 3. The Morgan fingerprint density at radius 2 is 2.00 bits per heavy atom. The normalized spacial score (nSPS) is 23.6. The second-order valence-corrected chi connectivity index (χ2v) is 5.14. The molecule has 118 valence electrons. The number of ether oxygens (including phenoxy) is 1. The fourth-order valence-electron chi connectivity index (χ4n) is 2.44. The van der Waals surface area contributed by atoms with Crippen LogP contribution in [0.4, 0.5) is 13.2 Å². The van der Waals surface area contributed by atoms with Gasteiger partial charge in [0.25, 0.3) is 0 Å². The number of nitrogens with one attached hydrogen (secondary N) is 2. The third-order valence-corrected chi connectivity index (χ3v) is 3.59. The lowest BCUT2D eigenvalue weighted by Crippen LogP contribution is -2.40. The van der Waals surface area contributed by atoms with Gasteiger partial charge in [0.05, 0.1) is 12.5 Å². The molecular formula is C13H23F3N2O2. The fourth-order valence-corrected chi connectivity index (χ4v) is 2.44. The molecule has 1 saturated carbocycles. The molecule has 1 aliphatic carbocycles. The first-order valence-corrected chi connectivity index (χ1v) is 6.99. The van der Waals surface area contributed by atoms with Gasteiger partial charge in [-0.15, -0.1) is 0 Å². The Labute approximate surface area is 117 Å². The highest BCUT2D eigenvalue weighted by Crippen LogP contribution is 2.39. The van der Waals surface area contributed by atoms with Gasteiger partial charge in [-0.2, -0.15) is 13.2 Å². The highest BCUT2D eigenvalue weighted by atomic mass is 19.4. The summed E-state index contributed by atoms with van der Waals surface area (Å²) in [6, 6.07) is 0. The average molecular weight is 296 g/mol. The molecule has 0 radical (unpaired) electrons. The minimum absolute atomic E-state index is 0.0769. The molecule has 7 heteroatoms. The van der Waals surface area contributed by atoms with Crippen molar-refractivity contribution < 1.29 is 22.7 Å². The summed E-state index contributed by atoms with van der Waals surface area (Å²) in [5, 5.41) is 5.75. The Morgan fingerprint density at radius 3 is 2.65 bits per heavy atom. The average Bonchev–Trinajstić information content (AvgIpc) is 2.41. The number of methoxy groups -OCH3 is 1. The lowest BCUT2D eigenvalue weighted by Gasteiger charge is -2.29. The van der Waals surface area contributed by atoms with Crippen molar-refractivity contribution in [2.45, 2.75) is 31.9 Å². The van der Waals surface area contributed by atoms with Gasteiger partial charge in [-0.3, -0.25) is 4.79 Å². The summed E-state index contributed by atoms with van der Waals surface area (Å²) in [5.74, 6) is -2.09. The second-order valence-electron chi connectivity index (χ2n) is 5.14. The minimum atomic E-state index is -4.18. The molecule has 2 unspecified atom stereocenters. The van der Waals surface area contributed by atoms with Crippen LogP contribution in [-0.4, -0.2) is 45.4 Å². The minimum Gasteiger partial charge on any atom is -0.383 e. The zero-order chi connectivity index (χ0) is 15.0. The molecule has 0 aromatic carbocycles. The largest absolute Gasteiger partial charge is 0.391 e. The molecule has 0 heterocycles. The van der Waals surface area contributed by atoms with Crippen LogP contribution in [0.3, 0.4) is 0 Å². The topological polar surface area (TPSA) is 50.4 Å². The lowest BCUT2D eigenvalue weighted by atomic mass is 9.80. The van der Waals surface area contributed by atoms with Crippen molar-refractivity contribution in [3.8, 4) is 0 Å². The number of hydrogen-bond donors (Lipinski definition) is 2. The standard InChI is InChI=1S/C13H23F3N2O2/c1-20-8-7-17-5-6-18-12(19)10-3-2-4-11(9-10)13(14,15)16/h10-11,17H,2-9H2,1H3,(H,18,19). The summed E-state index contributed by atoms with van der Waals surface area (Å²) in [4.78, 5) is 11.8. The SMILES string of the molecule is COCCNCCNC(=O)C1CCCC(C(F)(F)F)C1. The van der Waals surface area contributed by atoms with Crippen molar-refractivity contribution in [3.05, 3.63) is 0 Å². The molecule has 0 aliphatic heterocycles. The molecule has 1 aliphatic rings. The zero-order valence-electron chi connectivity index (χ0n) is 11.8. The number of rotatable bonds is 7. The van der Waals surface area contributed by atoms with E-state index in [4.69, 9.17) is 4.74 Å². The molecule has 0 saturated heterocycles. The van der Waals surface area contributed by atoms with Crippen molar-refractivity contribution in [1.29, 1.82) is 0 Å². The van der Waals surface area contributed by atoms with E-state index in [9.17, 15) is 18.0 Å². The molecule has 2 N–H and O–H groups in total. The van der Waals surface area contributed by atoms with Crippen molar-refractivity contribution in [2.75, 3.05) is 33.4 Å². The Morgan fingerprint density at radius 1 is 1.25 bits per heavy atom. The van der Waals surface area contributed by atoms with Crippen molar-refractivity contribution in [1.82, 2.24) is 10.6 Å². The predicted octanol–water partition coefficient (Wildman–Crippen LogP) is 1.71. The van der Waals surface area contributed by atoms with Crippen molar-refractivity contribution >= 4 is 5.91 Å². The van der Waals surface area contributed by atoms with E-state index in [1.54, 1.807) is 7.11 Å². The van der Waals surface area contributed by atoms with Crippen LogP contribution in [0.2, 0.25) is 0 Å². The molecular weight excluding hydrogens is 273 g/mol. The molecule has 0 aromatic heterocycles. The molecule has 1 fully saturated rings. The van der Waals surface area contributed by atoms with Crippen LogP contribution >= 0.6 is 0 Å². The van der Waals surface area contributed by atoms with E-state index >= 15 is 0 Å². The van der Waals surface area contributed by atoms with E-state index in [0.717, 1.165) is 0 Å². The summed E-state index contributed by atoms with van der Waals surface area (Å²) < 4.78 is 42.8. The predicted molar refractivity (Wildman–Crippen MR) is 69.3 cm³/mol. The van der Waals surface area contributed by atoms with Crippen molar-refractivity contribution in [2.24, 2.45) is 11.8 Å². The highest BCUT2D eigenvalue weighted by Gasteiger charge is 2.43. The van der Waals surface area contributed by atoms with Crippen LogP contribution in [-0.2, 0) is 9.53 Å². The van der Waals surface area contributed by atoms with E-state index in [2.05, 4.69) is 10.6 Å². The first-order chi connectivity index (χ1) is 9.45. The van der Waals surface area contributed by atoms with Crippen molar-refractivity contribution in [3.63, 3.8) is 0 Å². The number of amides is 1. The zero-order valence-corrected chi connectivity index (χ0v) is 11.8. The molecule has 0 bridgehead atoms. The van der Waals surface area contributed by atoms with Crippen LogP contribution < -0.4 is 10.6 Å². The number of carbonyl (C=O) groups excluding carboxylic acids is 1. The monoisotopic (exact) mass is 296 g/mol. The van der Waals surface area contributed by atoms with E-state index in [-0.39, 0.29) is 18.7 Å². The first kappa shape index (κ1) is 17.2. The van der Waals surface area contributed by atoms with E-state index in [1.165, 1.54) is 0 Å². The van der Waals surface area contributed by atoms with E-state index in [0.29, 0.717) is 39.1 Å². The molecule has 4 nitrogen and oxygen atoms in total. The van der Waals surface area contributed by atoms with Crippen LogP contribution in [0, 0.1) is 11.8 Å². The van der Waals surface area contributed by atoms with Crippen LogP contribution in [0.1, 0.15) is 25.7 Å². The van der Waals surface area contributed by atoms with Gasteiger partial charge in [-0.25, -0.2) is 0 Å². The van der Waals surface area contributed by atoms with Crippen LogP contribution in [0.25, 0.3) is 0 Å². The Kier molecular flexibility index (Phi) is 7.29. The maximum absolute atomic E-state index is 12.6. The third-order valence-electron chi connectivity index (χ3n) is 3.59. The summed E-state index contributed by atoms with van der Waals surface area (Å²) in [5.41, 5.74) is 0. The maximum Gasteiger partial charge on any atom is 0.391 e. The number of alkyl halides is 3. The highest BCUT2D eigenvalue weighted by molar-refractivity contribution is 5.78. The summed E-state index contributed by atoms with van der Waals surface area (Å²) >= 11 is 0. The van der Waals surface area contributed by atoms with Gasteiger partial charge in [-0.1, -0.05) is 6.42 Å². The molecule has 0 spiro atoms. The van der Waals surface area contributed by atoms with E-state index < -0.39 is 18.0 Å². The van der Waals surface area contributed by atoms with Gasteiger partial charge in [0, 0.05) is 32.7 Å². The third kappa shape index (κ3) is 6.09. The maximum atomic E-state index is 12.6. The van der Waals surface area contributed by atoms with Gasteiger partial charge in [0.1, 0.15) is 0 Å². The quantitative estimate of drug-likeness (QED) is 0.703. The number of carbonyl (C=O) groups is 1. The molecule has 1 amide bonds. The lowest BCUT2D eigenvalue weighted by molar-refractivity contribution is -0.186. The molecule has 1 rings (SSSR count). The van der Waals surface area contributed by atoms with Gasteiger partial charge in [-0.05, 0) is 19.3 Å². The second kappa shape index (κ2) is 8.46. The van der Waals surface area contributed by atoms with Gasteiger partial charge in [0.15, 0.2) is 0 Å². The van der Waals surface area contributed by atoms with Crippen LogP contribution in [0.5, 0.6) is 0 Å². The Hall–Kier alpha value is -0.820. The smallest absolute Gasteiger partial charge is 0.383 e. The molecule has 20 heavy (non-hydrogen) atoms. The van der Waals surface area contributed by atoms with Gasteiger partial charge >= 0.3 is 6.18 Å². The van der Waals surface area contributed by atoms with E-state index in [1.807, 2.05) is 0 Å². The first-order valence-electron chi connectivity index (χ1n) is 6.99. The number of halogens is 3. The van der Waals surface area contributed by atoms with Crippen LogP contribution in [0.15, 0.2) is 0 Å². The Bertz CT molecular complexity index is 298. The summed E-state index contributed by atoms with van der Waals surface area (Å²) in [7, 11) is 1.60. The van der Waals surface area contributed by atoms with Gasteiger partial charge in [0.2, 0.25) is 5.91 Å². The Balaban J connectivity index is 2.22. The summed E-state index contributed by atoms with van der Waals surface area (Å²) in [6.45, 7) is 2.29. The van der Waals surface area contributed by atoms with Gasteiger partial charge < -0.3 is 15.4 Å². The summed E-state index contributed by atoms with van der Waals surface area (Å²) in [6.07, 6.45) is -3.09. The fraction of sp³-hybridized carbons (Fsp3) is 0.923. The molecule has 0 aromatic rings.